The van der Waals surface area contributed by atoms with Crippen molar-refractivity contribution in [1.29, 1.82) is 0 Å². The van der Waals surface area contributed by atoms with E-state index in [0.717, 1.165) is 56.4 Å². The maximum absolute atomic E-state index is 11.5. The molecular weight excluding hydrogens is 368 g/mol. The van der Waals surface area contributed by atoms with Crippen LogP contribution >= 0.6 is 0 Å². The van der Waals surface area contributed by atoms with Gasteiger partial charge in [-0.1, -0.05) is 36.4 Å². The van der Waals surface area contributed by atoms with Crippen molar-refractivity contribution in [1.82, 2.24) is 0 Å². The van der Waals surface area contributed by atoms with Crippen molar-refractivity contribution in [3.05, 3.63) is 71.3 Å². The van der Waals surface area contributed by atoms with E-state index in [1.54, 1.807) is 0 Å². The minimum atomic E-state index is 0.745. The molecule has 2 rings (SSSR count). The van der Waals surface area contributed by atoms with Gasteiger partial charge in [-0.2, -0.15) is 0 Å². The van der Waals surface area contributed by atoms with Crippen LogP contribution in [0.1, 0.15) is 51.7 Å². The van der Waals surface area contributed by atoms with Crippen molar-refractivity contribution >= 4 is 29.8 Å². The summed E-state index contributed by atoms with van der Waals surface area (Å²) in [5.41, 5.74) is 5.57. The second kappa shape index (κ2) is 12.7. The number of rotatable bonds is 12. The quantitative estimate of drug-likeness (QED) is 0.300. The van der Waals surface area contributed by atoms with Gasteiger partial charge in [-0.15, -0.1) is 0 Å². The Balaban J connectivity index is 1.92. The van der Waals surface area contributed by atoms with Gasteiger partial charge in [-0.3, -0.25) is 4.79 Å². The SMILES string of the molecule is CCN(CC)c1ccc(C=CCCC(C=O)=Cc2ccc(N(CC)CC)cc2)cc1. The van der Waals surface area contributed by atoms with Gasteiger partial charge in [0.25, 0.3) is 0 Å². The molecule has 2 aromatic rings. The first kappa shape index (κ1) is 23.5. The zero-order valence-corrected chi connectivity index (χ0v) is 19.0. The molecule has 3 heteroatoms. The minimum absolute atomic E-state index is 0.745. The largest absolute Gasteiger partial charge is 0.372 e. The Morgan fingerprint density at radius 1 is 0.733 bits per heavy atom. The van der Waals surface area contributed by atoms with E-state index in [0.29, 0.717) is 0 Å². The van der Waals surface area contributed by atoms with Gasteiger partial charge in [-0.25, -0.2) is 0 Å². The number of benzene rings is 2. The zero-order valence-electron chi connectivity index (χ0n) is 19.0. The van der Waals surface area contributed by atoms with Crippen molar-refractivity contribution in [3.63, 3.8) is 0 Å². The Kier molecular flexibility index (Phi) is 9.93. The Labute approximate surface area is 182 Å². The van der Waals surface area contributed by atoms with Crippen LogP contribution < -0.4 is 9.80 Å². The van der Waals surface area contributed by atoms with Crippen LogP contribution in [-0.2, 0) is 4.79 Å². The lowest BCUT2D eigenvalue weighted by Crippen LogP contribution is -2.21. The molecule has 0 aliphatic carbocycles. The van der Waals surface area contributed by atoms with E-state index < -0.39 is 0 Å². The summed E-state index contributed by atoms with van der Waals surface area (Å²) in [6.45, 7) is 12.7. The van der Waals surface area contributed by atoms with Gasteiger partial charge in [-0.05, 0) is 87.6 Å². The van der Waals surface area contributed by atoms with Crippen LogP contribution in [0.15, 0.2) is 60.2 Å². The molecular formula is C27H36N2O. The highest BCUT2D eigenvalue weighted by atomic mass is 16.1. The van der Waals surface area contributed by atoms with Crippen molar-refractivity contribution < 1.29 is 4.79 Å². The molecule has 0 heterocycles. The van der Waals surface area contributed by atoms with Crippen LogP contribution in [0.4, 0.5) is 11.4 Å². The summed E-state index contributed by atoms with van der Waals surface area (Å²) in [4.78, 5) is 16.1. The lowest BCUT2D eigenvalue weighted by atomic mass is 10.1. The third-order valence-electron chi connectivity index (χ3n) is 5.46. The highest BCUT2D eigenvalue weighted by Gasteiger charge is 2.02. The van der Waals surface area contributed by atoms with Gasteiger partial charge >= 0.3 is 0 Å². The number of carbonyl (C=O) groups excluding carboxylic acids is 1. The van der Waals surface area contributed by atoms with Crippen molar-refractivity contribution in [2.24, 2.45) is 0 Å². The molecule has 30 heavy (non-hydrogen) atoms. The molecule has 0 atom stereocenters. The third kappa shape index (κ3) is 6.91. The molecule has 0 fully saturated rings. The van der Waals surface area contributed by atoms with Gasteiger partial charge < -0.3 is 9.80 Å². The molecule has 160 valence electrons. The predicted octanol–water partition coefficient (Wildman–Crippen LogP) is 6.45. The summed E-state index contributed by atoms with van der Waals surface area (Å²) in [6.07, 6.45) is 8.84. The molecule has 3 nitrogen and oxygen atoms in total. The lowest BCUT2D eigenvalue weighted by Gasteiger charge is -2.20. The second-order valence-corrected chi connectivity index (χ2v) is 7.31. The fourth-order valence-electron chi connectivity index (χ4n) is 3.60. The van der Waals surface area contributed by atoms with Crippen molar-refractivity contribution in [2.45, 2.75) is 40.5 Å². The van der Waals surface area contributed by atoms with E-state index in [1.807, 2.05) is 6.08 Å². The van der Waals surface area contributed by atoms with Crippen LogP contribution in [0.3, 0.4) is 0 Å². The molecule has 0 unspecified atom stereocenters. The average Bonchev–Trinajstić information content (AvgIpc) is 2.79. The highest BCUT2D eigenvalue weighted by molar-refractivity contribution is 5.81. The summed E-state index contributed by atoms with van der Waals surface area (Å²) in [6, 6.07) is 17.1. The fraction of sp³-hybridized carbons (Fsp3) is 0.370. The normalized spacial score (nSPS) is 11.7. The molecule has 0 saturated carbocycles. The van der Waals surface area contributed by atoms with Crippen molar-refractivity contribution in [2.75, 3.05) is 36.0 Å². The lowest BCUT2D eigenvalue weighted by molar-refractivity contribution is -0.104. The average molecular weight is 405 g/mol. The summed E-state index contributed by atoms with van der Waals surface area (Å²) in [7, 11) is 0. The van der Waals surface area contributed by atoms with E-state index in [9.17, 15) is 4.79 Å². The summed E-state index contributed by atoms with van der Waals surface area (Å²) >= 11 is 0. The number of hydrogen-bond acceptors (Lipinski definition) is 3. The van der Waals surface area contributed by atoms with Crippen LogP contribution in [0.5, 0.6) is 0 Å². The fourth-order valence-corrected chi connectivity index (χ4v) is 3.60. The van der Waals surface area contributed by atoms with Crippen molar-refractivity contribution in [3.8, 4) is 0 Å². The summed E-state index contributed by atoms with van der Waals surface area (Å²) < 4.78 is 0. The summed E-state index contributed by atoms with van der Waals surface area (Å²) in [5, 5.41) is 0. The van der Waals surface area contributed by atoms with Gasteiger partial charge in [0.05, 0.1) is 0 Å². The number of aldehydes is 1. The maximum Gasteiger partial charge on any atom is 0.146 e. The molecule has 0 radical (unpaired) electrons. The molecule has 0 spiro atoms. The topological polar surface area (TPSA) is 23.6 Å². The zero-order chi connectivity index (χ0) is 21.8. The Morgan fingerprint density at radius 2 is 1.20 bits per heavy atom. The number of anilines is 2. The monoisotopic (exact) mass is 404 g/mol. The first-order valence-corrected chi connectivity index (χ1v) is 11.2. The van der Waals surface area contributed by atoms with E-state index in [-0.39, 0.29) is 0 Å². The van der Waals surface area contributed by atoms with Gasteiger partial charge in [0, 0.05) is 37.6 Å². The number of nitrogens with zero attached hydrogens (tertiary/aromatic N) is 2. The second-order valence-electron chi connectivity index (χ2n) is 7.31. The standard InChI is InChI=1S/C27H36N2O/c1-5-28(6-2)26-17-13-23(14-18-26)11-9-10-12-25(22-30)21-24-15-19-27(20-16-24)29(7-3)8-4/h9,11,13-22H,5-8,10,12H2,1-4H3. The first-order valence-electron chi connectivity index (χ1n) is 11.2. The van der Waals surface area contributed by atoms with E-state index in [4.69, 9.17) is 0 Å². The van der Waals surface area contributed by atoms with Gasteiger partial charge in [0.15, 0.2) is 0 Å². The van der Waals surface area contributed by atoms with E-state index in [1.165, 1.54) is 16.9 Å². The maximum atomic E-state index is 11.5. The predicted molar refractivity (Wildman–Crippen MR) is 132 cm³/mol. The van der Waals surface area contributed by atoms with E-state index in [2.05, 4.69) is 98.2 Å². The molecule has 0 N–H and O–H groups in total. The molecule has 0 saturated heterocycles. The molecule has 0 amide bonds. The number of allylic oxidation sites excluding steroid dienone is 2. The smallest absolute Gasteiger partial charge is 0.146 e. The molecule has 0 aromatic heterocycles. The Morgan fingerprint density at radius 3 is 1.63 bits per heavy atom. The third-order valence-corrected chi connectivity index (χ3v) is 5.46. The first-order chi connectivity index (χ1) is 14.6. The number of carbonyl (C=O) groups is 1. The molecule has 2 aromatic carbocycles. The van der Waals surface area contributed by atoms with Crippen LogP contribution in [0.2, 0.25) is 0 Å². The van der Waals surface area contributed by atoms with Crippen LogP contribution in [0.25, 0.3) is 12.2 Å². The van der Waals surface area contributed by atoms with Gasteiger partial charge in [0.1, 0.15) is 6.29 Å². The van der Waals surface area contributed by atoms with Crippen LogP contribution in [0, 0.1) is 0 Å². The Bertz CT molecular complexity index is 811. The number of hydrogen-bond donors (Lipinski definition) is 0. The highest BCUT2D eigenvalue weighted by Crippen LogP contribution is 2.18. The molecule has 0 aliphatic heterocycles. The molecule has 0 bridgehead atoms. The van der Waals surface area contributed by atoms with Gasteiger partial charge in [0.2, 0.25) is 0 Å². The molecule has 0 aliphatic rings. The Hall–Kier alpha value is -2.81. The minimum Gasteiger partial charge on any atom is -0.372 e. The van der Waals surface area contributed by atoms with Crippen LogP contribution in [-0.4, -0.2) is 32.5 Å². The van der Waals surface area contributed by atoms with E-state index >= 15 is 0 Å². The summed E-state index contributed by atoms with van der Waals surface area (Å²) in [5.74, 6) is 0.